The summed E-state index contributed by atoms with van der Waals surface area (Å²) in [6, 6.07) is 3.80. The first-order valence-electron chi connectivity index (χ1n) is 5.27. The molecule has 0 amide bonds. The molecule has 1 N–H and O–H groups in total. The molecule has 0 saturated carbocycles. The average molecular weight is 211 g/mol. The number of nitrogens with one attached hydrogen (secondary N) is 1. The summed E-state index contributed by atoms with van der Waals surface area (Å²) in [5.74, 6) is -0.978. The van der Waals surface area contributed by atoms with Gasteiger partial charge in [0.15, 0.2) is 0 Å². The van der Waals surface area contributed by atoms with Crippen LogP contribution in [0.3, 0.4) is 0 Å². The van der Waals surface area contributed by atoms with E-state index < -0.39 is 11.6 Å². The molecule has 1 aliphatic heterocycles. The molecular weight excluding hydrogens is 196 g/mol. The summed E-state index contributed by atoms with van der Waals surface area (Å²) in [7, 11) is 0. The Bertz CT molecular complexity index is 336. The molecule has 0 spiro atoms. The highest BCUT2D eigenvalue weighted by Gasteiger charge is 2.29. The lowest BCUT2D eigenvalue weighted by Gasteiger charge is -2.34. The Morgan fingerprint density at radius 2 is 1.87 bits per heavy atom. The van der Waals surface area contributed by atoms with Gasteiger partial charge in [0.05, 0.1) is 0 Å². The molecule has 0 bridgehead atoms. The van der Waals surface area contributed by atoms with Crippen molar-refractivity contribution in [2.75, 3.05) is 13.1 Å². The molecule has 3 heteroatoms. The summed E-state index contributed by atoms with van der Waals surface area (Å²) in [5.41, 5.74) is 0.619. The SMILES string of the molecule is CC1(c2cc(F)cc(F)c2)CCCNC1. The van der Waals surface area contributed by atoms with Gasteiger partial charge in [0.2, 0.25) is 0 Å². The van der Waals surface area contributed by atoms with Crippen LogP contribution in [0.25, 0.3) is 0 Å². The van der Waals surface area contributed by atoms with Crippen LogP contribution in [0.2, 0.25) is 0 Å². The third-order valence-corrected chi connectivity index (χ3v) is 3.16. The topological polar surface area (TPSA) is 12.0 Å². The first-order valence-corrected chi connectivity index (χ1v) is 5.27. The third-order valence-electron chi connectivity index (χ3n) is 3.16. The lowest BCUT2D eigenvalue weighted by molar-refractivity contribution is 0.337. The lowest BCUT2D eigenvalue weighted by Crippen LogP contribution is -2.41. The van der Waals surface area contributed by atoms with Gasteiger partial charge in [-0.05, 0) is 37.1 Å². The van der Waals surface area contributed by atoms with Gasteiger partial charge >= 0.3 is 0 Å². The molecule has 1 aliphatic rings. The van der Waals surface area contributed by atoms with E-state index in [2.05, 4.69) is 5.32 Å². The molecule has 1 fully saturated rings. The Kier molecular flexibility index (Phi) is 2.74. The minimum atomic E-state index is -0.489. The van der Waals surface area contributed by atoms with Crippen LogP contribution in [0.4, 0.5) is 8.78 Å². The van der Waals surface area contributed by atoms with Gasteiger partial charge in [-0.15, -0.1) is 0 Å². The fourth-order valence-electron chi connectivity index (χ4n) is 2.20. The molecule has 0 aliphatic carbocycles. The Morgan fingerprint density at radius 3 is 2.40 bits per heavy atom. The largest absolute Gasteiger partial charge is 0.316 e. The summed E-state index contributed by atoms with van der Waals surface area (Å²) in [6.45, 7) is 3.83. The second kappa shape index (κ2) is 3.89. The zero-order chi connectivity index (χ0) is 10.9. The number of piperidine rings is 1. The van der Waals surface area contributed by atoms with E-state index in [1.807, 2.05) is 6.92 Å². The molecule has 2 rings (SSSR count). The maximum absolute atomic E-state index is 13.1. The number of hydrogen-bond donors (Lipinski definition) is 1. The van der Waals surface area contributed by atoms with Gasteiger partial charge in [-0.1, -0.05) is 6.92 Å². The van der Waals surface area contributed by atoms with Crippen LogP contribution >= 0.6 is 0 Å². The van der Waals surface area contributed by atoms with E-state index >= 15 is 0 Å². The highest BCUT2D eigenvalue weighted by molar-refractivity contribution is 5.27. The van der Waals surface area contributed by atoms with E-state index in [9.17, 15) is 8.78 Å². The summed E-state index contributed by atoms with van der Waals surface area (Å²) in [5, 5.41) is 3.27. The van der Waals surface area contributed by atoms with Gasteiger partial charge in [-0.3, -0.25) is 0 Å². The molecule has 1 nitrogen and oxygen atoms in total. The molecule has 82 valence electrons. The molecule has 1 aromatic carbocycles. The molecule has 1 saturated heterocycles. The van der Waals surface area contributed by atoms with Crippen LogP contribution in [0, 0.1) is 11.6 Å². The van der Waals surface area contributed by atoms with Crippen LogP contribution in [0.1, 0.15) is 25.3 Å². The van der Waals surface area contributed by atoms with Gasteiger partial charge in [-0.2, -0.15) is 0 Å². The van der Waals surface area contributed by atoms with Crippen LogP contribution in [-0.4, -0.2) is 13.1 Å². The number of benzene rings is 1. The minimum Gasteiger partial charge on any atom is -0.316 e. The maximum Gasteiger partial charge on any atom is 0.126 e. The maximum atomic E-state index is 13.1. The predicted molar refractivity (Wildman–Crippen MR) is 55.8 cm³/mol. The predicted octanol–water partition coefficient (Wildman–Crippen LogP) is 2.61. The molecule has 15 heavy (non-hydrogen) atoms. The molecule has 1 atom stereocenters. The van der Waals surface area contributed by atoms with Crippen molar-refractivity contribution in [1.29, 1.82) is 0 Å². The van der Waals surface area contributed by atoms with Crippen molar-refractivity contribution in [3.05, 3.63) is 35.4 Å². The van der Waals surface area contributed by atoms with Gasteiger partial charge in [0, 0.05) is 18.0 Å². The first kappa shape index (κ1) is 10.6. The summed E-state index contributed by atoms with van der Waals surface area (Å²) >= 11 is 0. The Morgan fingerprint density at radius 1 is 1.20 bits per heavy atom. The van der Waals surface area contributed by atoms with E-state index in [-0.39, 0.29) is 5.41 Å². The van der Waals surface area contributed by atoms with Gasteiger partial charge in [0.1, 0.15) is 11.6 Å². The number of hydrogen-bond acceptors (Lipinski definition) is 1. The fraction of sp³-hybridized carbons (Fsp3) is 0.500. The smallest absolute Gasteiger partial charge is 0.126 e. The number of rotatable bonds is 1. The molecule has 1 aromatic rings. The van der Waals surface area contributed by atoms with Crippen LogP contribution in [-0.2, 0) is 5.41 Å². The van der Waals surface area contributed by atoms with E-state index in [1.165, 1.54) is 12.1 Å². The van der Waals surface area contributed by atoms with Crippen LogP contribution in [0.15, 0.2) is 18.2 Å². The van der Waals surface area contributed by atoms with Crippen molar-refractivity contribution >= 4 is 0 Å². The van der Waals surface area contributed by atoms with Crippen LogP contribution in [0.5, 0.6) is 0 Å². The lowest BCUT2D eigenvalue weighted by atomic mass is 9.76. The van der Waals surface area contributed by atoms with Crippen molar-refractivity contribution in [2.45, 2.75) is 25.2 Å². The highest BCUT2D eigenvalue weighted by atomic mass is 19.1. The highest BCUT2D eigenvalue weighted by Crippen LogP contribution is 2.31. The summed E-state index contributed by atoms with van der Waals surface area (Å²) in [6.07, 6.45) is 2.03. The first-order chi connectivity index (χ1) is 7.10. The van der Waals surface area contributed by atoms with Crippen molar-refractivity contribution in [3.8, 4) is 0 Å². The van der Waals surface area contributed by atoms with E-state index in [0.29, 0.717) is 0 Å². The molecule has 0 aromatic heterocycles. The minimum absolute atomic E-state index is 0.138. The Balaban J connectivity index is 2.34. The Hall–Kier alpha value is -0.960. The van der Waals surface area contributed by atoms with Gasteiger partial charge in [0.25, 0.3) is 0 Å². The Labute approximate surface area is 88.5 Å². The normalized spacial score (nSPS) is 26.6. The molecule has 1 heterocycles. The summed E-state index contributed by atoms with van der Waals surface area (Å²) in [4.78, 5) is 0. The number of halogens is 2. The molecule has 0 radical (unpaired) electrons. The average Bonchev–Trinajstić information content (AvgIpc) is 2.17. The van der Waals surface area contributed by atoms with Gasteiger partial charge in [-0.25, -0.2) is 8.78 Å². The second-order valence-electron chi connectivity index (χ2n) is 4.50. The zero-order valence-electron chi connectivity index (χ0n) is 8.82. The van der Waals surface area contributed by atoms with E-state index in [4.69, 9.17) is 0 Å². The standard InChI is InChI=1S/C12H15F2N/c1-12(3-2-4-15-8-12)9-5-10(13)7-11(14)6-9/h5-7,15H,2-4,8H2,1H3. The monoisotopic (exact) mass is 211 g/mol. The van der Waals surface area contributed by atoms with Crippen molar-refractivity contribution in [1.82, 2.24) is 5.32 Å². The van der Waals surface area contributed by atoms with Crippen molar-refractivity contribution < 1.29 is 8.78 Å². The van der Waals surface area contributed by atoms with Gasteiger partial charge < -0.3 is 5.32 Å². The molecule has 1 unspecified atom stereocenters. The zero-order valence-corrected chi connectivity index (χ0v) is 8.82. The van der Waals surface area contributed by atoms with Crippen molar-refractivity contribution in [3.63, 3.8) is 0 Å². The van der Waals surface area contributed by atoms with E-state index in [1.54, 1.807) is 0 Å². The fourth-order valence-corrected chi connectivity index (χ4v) is 2.20. The van der Waals surface area contributed by atoms with Crippen molar-refractivity contribution in [2.24, 2.45) is 0 Å². The van der Waals surface area contributed by atoms with E-state index in [0.717, 1.165) is 37.6 Å². The third kappa shape index (κ3) is 2.17. The summed E-state index contributed by atoms with van der Waals surface area (Å²) < 4.78 is 26.2. The molecular formula is C12H15F2N. The van der Waals surface area contributed by atoms with Crippen LogP contribution < -0.4 is 5.32 Å². The quantitative estimate of drug-likeness (QED) is 0.753. The second-order valence-corrected chi connectivity index (χ2v) is 4.50.